The topological polar surface area (TPSA) is 87.3 Å². The van der Waals surface area contributed by atoms with Crippen LogP contribution in [0.3, 0.4) is 0 Å². The third-order valence-corrected chi connectivity index (χ3v) is 3.56. The Morgan fingerprint density at radius 1 is 1.37 bits per heavy atom. The fourth-order valence-corrected chi connectivity index (χ4v) is 1.94. The molecule has 110 valence electrons. The summed E-state index contributed by atoms with van der Waals surface area (Å²) in [5, 5.41) is 30.4. The molecule has 0 aromatic carbocycles. The van der Waals surface area contributed by atoms with E-state index in [4.69, 9.17) is 4.74 Å². The second kappa shape index (κ2) is 6.26. The van der Waals surface area contributed by atoms with Crippen molar-refractivity contribution in [3.8, 4) is 0 Å². The first-order valence-electron chi connectivity index (χ1n) is 6.12. The Balaban J connectivity index is 2.81. The Hall–Kier alpha value is -0.560. The molecular formula is C12H23N2O4S+. The molecule has 0 aromatic rings. The molecule has 0 spiro atoms. The van der Waals surface area contributed by atoms with Crippen LogP contribution in [-0.4, -0.2) is 76.2 Å². The maximum absolute atomic E-state index is 10.0. The van der Waals surface area contributed by atoms with Crippen molar-refractivity contribution in [1.82, 2.24) is 9.57 Å². The van der Waals surface area contributed by atoms with E-state index in [1.165, 1.54) is 20.1 Å². The average molecular weight is 291 g/mol. The molecule has 6 nitrogen and oxygen atoms in total. The van der Waals surface area contributed by atoms with Crippen LogP contribution < -0.4 is 4.67 Å². The molecule has 0 amide bonds. The zero-order valence-electron chi connectivity index (χ0n) is 11.7. The van der Waals surface area contributed by atoms with Gasteiger partial charge in [0.15, 0.2) is 6.21 Å². The molecule has 7 heteroatoms. The molecular weight excluding hydrogens is 268 g/mol. The molecule has 3 N–H and O–H groups in total. The molecule has 1 aliphatic heterocycles. The Labute approximate surface area is 118 Å². The molecule has 4 atom stereocenters. The predicted molar refractivity (Wildman–Crippen MR) is 77.4 cm³/mol. The second-order valence-corrected chi connectivity index (χ2v) is 5.93. The van der Waals surface area contributed by atoms with Gasteiger partial charge in [0, 0.05) is 0 Å². The minimum absolute atomic E-state index is 0.185. The lowest BCUT2D eigenvalue weighted by atomic mass is 9.86. The van der Waals surface area contributed by atoms with Crippen LogP contribution in [0.15, 0.2) is 0 Å². The van der Waals surface area contributed by atoms with Gasteiger partial charge in [-0.2, -0.15) is 0 Å². The minimum Gasteiger partial charge on any atom is -0.389 e. The van der Waals surface area contributed by atoms with Crippen molar-refractivity contribution in [3.05, 3.63) is 0 Å². The summed E-state index contributed by atoms with van der Waals surface area (Å²) in [7, 11) is 3.60. The molecule has 1 saturated heterocycles. The lowest BCUT2D eigenvalue weighted by molar-refractivity contribution is -0.204. The summed E-state index contributed by atoms with van der Waals surface area (Å²) < 4.78 is 9.52. The van der Waals surface area contributed by atoms with E-state index in [0.29, 0.717) is 5.17 Å². The smallest absolute Gasteiger partial charge is 0.389 e. The third-order valence-electron chi connectivity index (χ3n) is 3.04. The van der Waals surface area contributed by atoms with Crippen molar-refractivity contribution in [3.63, 3.8) is 0 Å². The number of rotatable bonds is 2. The summed E-state index contributed by atoms with van der Waals surface area (Å²) >= 11 is 4.16. The highest BCUT2D eigenvalue weighted by Crippen LogP contribution is 2.26. The average Bonchev–Trinajstić information content (AvgIpc) is 2.28. The van der Waals surface area contributed by atoms with E-state index < -0.39 is 29.8 Å². The van der Waals surface area contributed by atoms with E-state index in [9.17, 15) is 15.3 Å². The SMILES string of the molecule is CN(C)C(S)=[N+]=CC1COC(C(C)(C)O)C(O)C1O. The molecule has 1 heterocycles. The van der Waals surface area contributed by atoms with E-state index in [1.54, 1.807) is 19.0 Å². The number of hydrogen-bond acceptors (Lipinski definition) is 4. The van der Waals surface area contributed by atoms with Crippen LogP contribution >= 0.6 is 12.6 Å². The fraction of sp³-hybridized carbons (Fsp3) is 0.833. The Morgan fingerprint density at radius 3 is 2.42 bits per heavy atom. The summed E-state index contributed by atoms with van der Waals surface area (Å²) in [5.74, 6) is -0.435. The fourth-order valence-electron chi connectivity index (χ4n) is 1.88. The number of aliphatic hydroxyl groups excluding tert-OH is 2. The van der Waals surface area contributed by atoms with Crippen molar-refractivity contribution in [2.24, 2.45) is 5.92 Å². The lowest BCUT2D eigenvalue weighted by Crippen LogP contribution is -2.58. The van der Waals surface area contributed by atoms with Gasteiger partial charge in [0.05, 0.1) is 38.3 Å². The van der Waals surface area contributed by atoms with Crippen LogP contribution in [-0.2, 0) is 4.74 Å². The quantitative estimate of drug-likeness (QED) is 0.215. The van der Waals surface area contributed by atoms with Crippen molar-refractivity contribution >= 4 is 24.0 Å². The number of hydrogen-bond donors (Lipinski definition) is 4. The van der Waals surface area contributed by atoms with Crippen LogP contribution in [0.5, 0.6) is 0 Å². The maximum atomic E-state index is 10.0. The van der Waals surface area contributed by atoms with Crippen LogP contribution in [0, 0.1) is 5.92 Å². The van der Waals surface area contributed by atoms with Gasteiger partial charge < -0.3 is 20.1 Å². The normalized spacial score (nSPS) is 31.6. The van der Waals surface area contributed by atoms with Gasteiger partial charge in [-0.05, 0) is 26.5 Å². The van der Waals surface area contributed by atoms with E-state index in [2.05, 4.69) is 17.3 Å². The molecule has 0 saturated carbocycles. The van der Waals surface area contributed by atoms with Gasteiger partial charge in [-0.1, -0.05) is 0 Å². The summed E-state index contributed by atoms with van der Waals surface area (Å²) in [6.45, 7) is 3.26. The van der Waals surface area contributed by atoms with Gasteiger partial charge in [0.2, 0.25) is 0 Å². The maximum Gasteiger partial charge on any atom is 0.402 e. The third kappa shape index (κ3) is 4.21. The van der Waals surface area contributed by atoms with Crippen LogP contribution in [0.1, 0.15) is 13.8 Å². The summed E-state index contributed by atoms with van der Waals surface area (Å²) in [4.78, 5) is 1.71. The van der Waals surface area contributed by atoms with Crippen molar-refractivity contribution in [1.29, 1.82) is 0 Å². The first-order valence-corrected chi connectivity index (χ1v) is 6.57. The Bertz CT molecular complexity index is 374. The van der Waals surface area contributed by atoms with Gasteiger partial charge in [-0.25, -0.2) is 9.57 Å². The largest absolute Gasteiger partial charge is 0.402 e. The van der Waals surface area contributed by atoms with Gasteiger partial charge in [0.25, 0.3) is 0 Å². The van der Waals surface area contributed by atoms with E-state index in [0.717, 1.165) is 0 Å². The summed E-state index contributed by atoms with van der Waals surface area (Å²) in [6.07, 6.45) is -1.50. The Kier molecular flexibility index (Phi) is 5.43. The first-order chi connectivity index (χ1) is 8.64. The highest BCUT2D eigenvalue weighted by molar-refractivity contribution is 7.96. The molecule has 0 radical (unpaired) electrons. The molecule has 1 rings (SSSR count). The van der Waals surface area contributed by atoms with Crippen molar-refractivity contribution in [2.45, 2.75) is 37.8 Å². The van der Waals surface area contributed by atoms with Crippen LogP contribution in [0.4, 0.5) is 0 Å². The molecule has 4 unspecified atom stereocenters. The first kappa shape index (κ1) is 16.5. The lowest BCUT2D eigenvalue weighted by Gasteiger charge is -2.40. The van der Waals surface area contributed by atoms with E-state index in [-0.39, 0.29) is 6.61 Å². The van der Waals surface area contributed by atoms with Gasteiger partial charge in [0.1, 0.15) is 12.2 Å². The summed E-state index contributed by atoms with van der Waals surface area (Å²) in [5.41, 5.74) is -1.22. The van der Waals surface area contributed by atoms with E-state index >= 15 is 0 Å². The van der Waals surface area contributed by atoms with Crippen molar-refractivity contribution < 1.29 is 20.1 Å². The summed E-state index contributed by atoms with van der Waals surface area (Å²) in [6, 6.07) is 0. The van der Waals surface area contributed by atoms with Crippen LogP contribution in [0.2, 0.25) is 0 Å². The molecule has 1 aliphatic rings. The number of aliphatic hydroxyl groups is 3. The van der Waals surface area contributed by atoms with Gasteiger partial charge >= 0.3 is 5.17 Å². The molecule has 0 aromatic heterocycles. The molecule has 0 aliphatic carbocycles. The monoisotopic (exact) mass is 291 g/mol. The predicted octanol–water partition coefficient (Wildman–Crippen LogP) is -1.52. The number of amidine groups is 1. The minimum atomic E-state index is -1.22. The molecule has 19 heavy (non-hydrogen) atoms. The number of thiol groups is 1. The standard InChI is InChI=1S/C12H22N2O4S/c1-12(2,17)10-9(16)8(15)7(6-18-10)5-13-11(19)14(3)4/h5,7-10,15-17H,6H2,1-4H3/p+1. The molecule has 1 fully saturated rings. The second-order valence-electron chi connectivity index (χ2n) is 5.53. The van der Waals surface area contributed by atoms with E-state index in [1.807, 2.05) is 0 Å². The number of nitrogens with zero attached hydrogens (tertiary/aromatic N) is 2. The van der Waals surface area contributed by atoms with Gasteiger partial charge in [-0.15, -0.1) is 0 Å². The highest BCUT2D eigenvalue weighted by Gasteiger charge is 2.45. The number of ether oxygens (including phenoxy) is 1. The van der Waals surface area contributed by atoms with Gasteiger partial charge in [-0.3, -0.25) is 0 Å². The Morgan fingerprint density at radius 2 is 1.95 bits per heavy atom. The molecule has 0 bridgehead atoms. The zero-order valence-corrected chi connectivity index (χ0v) is 12.6. The van der Waals surface area contributed by atoms with Crippen LogP contribution in [0.25, 0.3) is 0 Å². The highest BCUT2D eigenvalue weighted by atomic mass is 32.1. The zero-order chi connectivity index (χ0) is 14.8. The van der Waals surface area contributed by atoms with Crippen molar-refractivity contribution in [2.75, 3.05) is 20.7 Å².